The molecule has 3 N–H and O–H groups in total. The summed E-state index contributed by atoms with van der Waals surface area (Å²) in [6.45, 7) is -0.0456. The number of nitrogens with one attached hydrogen (secondary N) is 1. The van der Waals surface area contributed by atoms with E-state index < -0.39 is 5.91 Å². The molecule has 21 heavy (non-hydrogen) atoms. The highest BCUT2D eigenvalue weighted by atomic mass is 35.5. The average Bonchev–Trinajstić information content (AvgIpc) is 2.80. The molecule has 1 heterocycles. The van der Waals surface area contributed by atoms with Gasteiger partial charge in [0.2, 0.25) is 11.8 Å². The topological polar surface area (TPSA) is 90.0 Å². The lowest BCUT2D eigenvalue weighted by atomic mass is 10.1. The molecule has 8 heteroatoms. The monoisotopic (exact) mass is 326 g/mol. The van der Waals surface area contributed by atoms with Crippen molar-refractivity contribution in [3.8, 4) is 0 Å². The first-order valence-corrected chi connectivity index (χ1v) is 6.75. The average molecular weight is 327 g/mol. The minimum Gasteiger partial charge on any atom is -0.368 e. The number of anilines is 1. The summed E-state index contributed by atoms with van der Waals surface area (Å²) in [5.41, 5.74) is 5.68. The summed E-state index contributed by atoms with van der Waals surface area (Å²) in [5.74, 6) is -0.468. The Hall–Kier alpha value is -2.05. The first kappa shape index (κ1) is 15.3. The van der Waals surface area contributed by atoms with Crippen molar-refractivity contribution in [3.05, 3.63) is 46.1 Å². The molecule has 110 valence electrons. The molecule has 0 saturated heterocycles. The van der Waals surface area contributed by atoms with Crippen molar-refractivity contribution in [1.82, 2.24) is 9.78 Å². The van der Waals surface area contributed by atoms with Crippen LogP contribution in [-0.4, -0.2) is 21.6 Å². The zero-order chi connectivity index (χ0) is 15.4. The van der Waals surface area contributed by atoms with Crippen LogP contribution in [0.4, 0.5) is 5.82 Å². The molecular weight excluding hydrogens is 315 g/mol. The predicted octanol–water partition coefficient (Wildman–Crippen LogP) is 1.86. The second-order valence-corrected chi connectivity index (χ2v) is 5.17. The molecule has 0 aliphatic rings. The number of nitrogens with zero attached hydrogens (tertiary/aromatic N) is 2. The highest BCUT2D eigenvalue weighted by Gasteiger charge is 2.10. The first-order chi connectivity index (χ1) is 9.94. The molecule has 0 bridgehead atoms. The maximum absolute atomic E-state index is 11.9. The first-order valence-electron chi connectivity index (χ1n) is 5.99. The number of hydrogen-bond donors (Lipinski definition) is 2. The van der Waals surface area contributed by atoms with Gasteiger partial charge in [0.15, 0.2) is 5.82 Å². The predicted molar refractivity (Wildman–Crippen MR) is 80.2 cm³/mol. The fourth-order valence-electron chi connectivity index (χ4n) is 1.71. The van der Waals surface area contributed by atoms with Gasteiger partial charge in [-0.3, -0.25) is 14.3 Å². The van der Waals surface area contributed by atoms with E-state index in [4.69, 9.17) is 28.9 Å². The van der Waals surface area contributed by atoms with Crippen LogP contribution in [0.1, 0.15) is 5.56 Å². The lowest BCUT2D eigenvalue weighted by Crippen LogP contribution is -2.19. The largest absolute Gasteiger partial charge is 0.368 e. The minimum atomic E-state index is -0.512. The summed E-state index contributed by atoms with van der Waals surface area (Å²) in [5, 5.41) is 7.58. The van der Waals surface area contributed by atoms with Gasteiger partial charge in [0, 0.05) is 22.3 Å². The lowest BCUT2D eigenvalue weighted by Gasteiger charge is -2.05. The van der Waals surface area contributed by atoms with Gasteiger partial charge >= 0.3 is 0 Å². The molecule has 2 amide bonds. The molecular formula is C13H12Cl2N4O2. The lowest BCUT2D eigenvalue weighted by molar-refractivity contribution is -0.118. The van der Waals surface area contributed by atoms with E-state index in [-0.39, 0.29) is 18.9 Å². The number of carbonyl (C=O) groups excluding carboxylic acids is 2. The highest BCUT2D eigenvalue weighted by molar-refractivity contribution is 6.33. The van der Waals surface area contributed by atoms with Crippen LogP contribution >= 0.6 is 23.2 Å². The SMILES string of the molecule is NC(=O)Cn1ccc(NC(=O)Cc2cc(Cl)ccc2Cl)n1. The van der Waals surface area contributed by atoms with Crippen LogP contribution in [0.2, 0.25) is 10.0 Å². The highest BCUT2D eigenvalue weighted by Crippen LogP contribution is 2.21. The zero-order valence-corrected chi connectivity index (χ0v) is 12.4. The van der Waals surface area contributed by atoms with Crippen LogP contribution in [-0.2, 0) is 22.6 Å². The van der Waals surface area contributed by atoms with Crippen LogP contribution in [0.3, 0.4) is 0 Å². The van der Waals surface area contributed by atoms with Crippen molar-refractivity contribution >= 4 is 40.8 Å². The number of primary amides is 1. The van der Waals surface area contributed by atoms with E-state index >= 15 is 0 Å². The van der Waals surface area contributed by atoms with Crippen LogP contribution in [0.5, 0.6) is 0 Å². The molecule has 1 aromatic carbocycles. The summed E-state index contributed by atoms with van der Waals surface area (Å²) >= 11 is 11.9. The Bertz CT molecular complexity index is 685. The van der Waals surface area contributed by atoms with E-state index in [0.29, 0.717) is 21.4 Å². The van der Waals surface area contributed by atoms with Crippen molar-refractivity contribution in [2.24, 2.45) is 5.73 Å². The second-order valence-electron chi connectivity index (χ2n) is 4.33. The number of aromatic nitrogens is 2. The van der Waals surface area contributed by atoms with Crippen molar-refractivity contribution in [3.63, 3.8) is 0 Å². The Morgan fingerprint density at radius 3 is 2.76 bits per heavy atom. The van der Waals surface area contributed by atoms with E-state index in [1.807, 2.05) is 0 Å². The van der Waals surface area contributed by atoms with Crippen molar-refractivity contribution in [1.29, 1.82) is 0 Å². The van der Waals surface area contributed by atoms with Gasteiger partial charge in [-0.05, 0) is 23.8 Å². The molecule has 0 spiro atoms. The fourth-order valence-corrected chi connectivity index (χ4v) is 2.09. The third kappa shape index (κ3) is 4.47. The fraction of sp³-hybridized carbons (Fsp3) is 0.154. The van der Waals surface area contributed by atoms with Crippen molar-refractivity contribution in [2.75, 3.05) is 5.32 Å². The van der Waals surface area contributed by atoms with Crippen molar-refractivity contribution in [2.45, 2.75) is 13.0 Å². The molecule has 0 aliphatic carbocycles. The van der Waals surface area contributed by atoms with Gasteiger partial charge in [-0.15, -0.1) is 0 Å². The number of benzene rings is 1. The van der Waals surface area contributed by atoms with Crippen LogP contribution < -0.4 is 11.1 Å². The number of halogens is 2. The van der Waals surface area contributed by atoms with Gasteiger partial charge in [0.25, 0.3) is 0 Å². The van der Waals surface area contributed by atoms with Gasteiger partial charge in [-0.25, -0.2) is 0 Å². The number of rotatable bonds is 5. The van der Waals surface area contributed by atoms with Crippen LogP contribution in [0.15, 0.2) is 30.5 Å². The normalized spacial score (nSPS) is 10.4. The Balaban J connectivity index is 2.00. The maximum atomic E-state index is 11.9. The number of hydrogen-bond acceptors (Lipinski definition) is 3. The standard InChI is InChI=1S/C13H12Cl2N4O2/c14-9-1-2-10(15)8(5-9)6-13(21)17-12-3-4-19(18-12)7-11(16)20/h1-5H,6-7H2,(H2,16,20)(H,17,18,21). The third-order valence-corrected chi connectivity index (χ3v) is 3.19. The van der Waals surface area contributed by atoms with Gasteiger partial charge in [0.1, 0.15) is 6.54 Å². The van der Waals surface area contributed by atoms with E-state index in [1.165, 1.54) is 4.68 Å². The smallest absolute Gasteiger partial charge is 0.239 e. The Kier molecular flexibility index (Phi) is 4.82. The van der Waals surface area contributed by atoms with E-state index in [0.717, 1.165) is 0 Å². The molecule has 0 radical (unpaired) electrons. The number of carbonyl (C=O) groups is 2. The van der Waals surface area contributed by atoms with Gasteiger partial charge in [0.05, 0.1) is 6.42 Å². The summed E-state index contributed by atoms with van der Waals surface area (Å²) in [4.78, 5) is 22.7. The van der Waals surface area contributed by atoms with Crippen molar-refractivity contribution < 1.29 is 9.59 Å². The molecule has 2 aromatic rings. The molecule has 0 aliphatic heterocycles. The summed E-state index contributed by atoms with van der Waals surface area (Å²) in [7, 11) is 0. The zero-order valence-electron chi connectivity index (χ0n) is 10.8. The summed E-state index contributed by atoms with van der Waals surface area (Å²) in [6, 6.07) is 6.49. The molecule has 0 fully saturated rings. The van der Waals surface area contributed by atoms with Crippen LogP contribution in [0, 0.1) is 0 Å². The molecule has 6 nitrogen and oxygen atoms in total. The van der Waals surface area contributed by atoms with Crippen LogP contribution in [0.25, 0.3) is 0 Å². The van der Waals surface area contributed by atoms with E-state index in [2.05, 4.69) is 10.4 Å². The molecule has 1 aromatic heterocycles. The number of nitrogens with two attached hydrogens (primary N) is 1. The minimum absolute atomic E-state index is 0.0456. The van der Waals surface area contributed by atoms with Gasteiger partial charge in [-0.2, -0.15) is 5.10 Å². The number of amides is 2. The molecule has 2 rings (SSSR count). The quantitative estimate of drug-likeness (QED) is 0.878. The molecule has 0 unspecified atom stereocenters. The third-order valence-electron chi connectivity index (χ3n) is 2.58. The molecule has 0 atom stereocenters. The Labute approximate surface area is 130 Å². The summed E-state index contributed by atoms with van der Waals surface area (Å²) < 4.78 is 1.34. The molecule has 0 saturated carbocycles. The van der Waals surface area contributed by atoms with E-state index in [1.54, 1.807) is 30.5 Å². The second kappa shape index (κ2) is 6.60. The Morgan fingerprint density at radius 1 is 1.29 bits per heavy atom. The van der Waals surface area contributed by atoms with Gasteiger partial charge < -0.3 is 11.1 Å². The van der Waals surface area contributed by atoms with Gasteiger partial charge in [-0.1, -0.05) is 23.2 Å². The summed E-state index contributed by atoms with van der Waals surface area (Å²) in [6.07, 6.45) is 1.62. The van der Waals surface area contributed by atoms with E-state index in [9.17, 15) is 9.59 Å². The maximum Gasteiger partial charge on any atom is 0.239 e. The Morgan fingerprint density at radius 2 is 2.05 bits per heavy atom.